The van der Waals surface area contributed by atoms with Crippen molar-refractivity contribution < 1.29 is 39.4 Å². The number of ether oxygens (including phenoxy) is 4. The molecule has 11 nitrogen and oxygen atoms in total. The van der Waals surface area contributed by atoms with E-state index >= 15 is 0 Å². The zero-order valence-electron chi connectivity index (χ0n) is 26.4. The van der Waals surface area contributed by atoms with E-state index in [4.69, 9.17) is 35.7 Å². The molecule has 252 valence electrons. The molecule has 1 aromatic heterocycles. The highest BCUT2D eigenvalue weighted by molar-refractivity contribution is 6.32. The largest absolute Gasteiger partial charge is 0.488 e. The van der Waals surface area contributed by atoms with E-state index in [1.165, 1.54) is 0 Å². The Bertz CT molecular complexity index is 1750. The van der Waals surface area contributed by atoms with Gasteiger partial charge in [-0.3, -0.25) is 0 Å². The van der Waals surface area contributed by atoms with Crippen LogP contribution in [0.3, 0.4) is 0 Å². The van der Waals surface area contributed by atoms with Gasteiger partial charge >= 0.3 is 0 Å². The first-order chi connectivity index (χ1) is 23.2. The number of hydrogen-bond donors (Lipinski definition) is 5. The molecule has 2 heterocycles. The van der Waals surface area contributed by atoms with Crippen molar-refractivity contribution in [1.82, 2.24) is 10.3 Å². The Balaban J connectivity index is 1.32. The molecule has 1 aliphatic heterocycles. The fourth-order valence-electron chi connectivity index (χ4n) is 5.28. The Morgan fingerprint density at radius 3 is 2.52 bits per heavy atom. The van der Waals surface area contributed by atoms with Gasteiger partial charge in [0.25, 0.3) is 0 Å². The van der Waals surface area contributed by atoms with Gasteiger partial charge in [-0.25, -0.2) is 4.98 Å². The van der Waals surface area contributed by atoms with E-state index in [1.54, 1.807) is 30.5 Å². The van der Waals surface area contributed by atoms with Crippen molar-refractivity contribution in [1.29, 1.82) is 5.26 Å². The number of nitrogens with one attached hydrogen (secondary N) is 1. The van der Waals surface area contributed by atoms with Gasteiger partial charge < -0.3 is 44.7 Å². The summed E-state index contributed by atoms with van der Waals surface area (Å²) in [6, 6.07) is 20.8. The average molecular weight is 676 g/mol. The highest BCUT2D eigenvalue weighted by Gasteiger charge is 2.20. The van der Waals surface area contributed by atoms with E-state index in [-0.39, 0.29) is 38.4 Å². The molecule has 48 heavy (non-hydrogen) atoms. The summed E-state index contributed by atoms with van der Waals surface area (Å²) in [6.07, 6.45) is -2.15. The number of benzene rings is 3. The van der Waals surface area contributed by atoms with Crippen molar-refractivity contribution in [3.63, 3.8) is 0 Å². The van der Waals surface area contributed by atoms with Crippen LogP contribution in [0.15, 0.2) is 66.9 Å². The predicted octanol–water partition coefficient (Wildman–Crippen LogP) is 4.07. The molecule has 0 aliphatic carbocycles. The number of halogens is 1. The van der Waals surface area contributed by atoms with Crippen LogP contribution in [0.5, 0.6) is 23.0 Å². The highest BCUT2D eigenvalue weighted by atomic mass is 35.5. The number of aromatic nitrogens is 1. The van der Waals surface area contributed by atoms with Crippen molar-refractivity contribution in [3.05, 3.63) is 99.8 Å². The van der Waals surface area contributed by atoms with Gasteiger partial charge in [0.15, 0.2) is 11.5 Å². The number of aliphatic hydroxyl groups is 4. The molecule has 0 unspecified atom stereocenters. The van der Waals surface area contributed by atoms with E-state index in [0.717, 1.165) is 39.3 Å². The van der Waals surface area contributed by atoms with E-state index < -0.39 is 24.9 Å². The average Bonchev–Trinajstić information content (AvgIpc) is 3.10. The molecular formula is C36H38ClN3O8. The minimum Gasteiger partial charge on any atom is -0.488 e. The van der Waals surface area contributed by atoms with Crippen molar-refractivity contribution in [3.8, 4) is 40.2 Å². The molecule has 0 amide bonds. The van der Waals surface area contributed by atoms with Gasteiger partial charge in [0.2, 0.25) is 0 Å². The van der Waals surface area contributed by atoms with Crippen molar-refractivity contribution in [2.45, 2.75) is 51.4 Å². The van der Waals surface area contributed by atoms with Crippen LogP contribution < -0.4 is 24.3 Å². The fourth-order valence-corrected chi connectivity index (χ4v) is 5.52. The lowest BCUT2D eigenvalue weighted by atomic mass is 9.96. The van der Waals surface area contributed by atoms with E-state index in [9.17, 15) is 20.6 Å². The van der Waals surface area contributed by atoms with Gasteiger partial charge in [-0.2, -0.15) is 5.26 Å². The maximum absolute atomic E-state index is 10.3. The van der Waals surface area contributed by atoms with Crippen molar-refractivity contribution in [2.75, 3.05) is 26.4 Å². The molecule has 4 aromatic rings. The Kier molecular flexibility index (Phi) is 12.1. The molecule has 0 fully saturated rings. The molecule has 12 heteroatoms. The SMILES string of the molecule is Cc1c(COc2cc(OCc3ccnc(C#N)c3)c(CNC[C@H](O)C[C@H](O)[C@H](O)CO)cc2Cl)cccc1-c1ccc2c(c1)OCCO2. The Hall–Kier alpha value is -4.41. The van der Waals surface area contributed by atoms with Crippen LogP contribution in [0.1, 0.15) is 34.4 Å². The molecule has 0 saturated heterocycles. The van der Waals surface area contributed by atoms with Crippen LogP contribution >= 0.6 is 11.6 Å². The van der Waals surface area contributed by atoms with Gasteiger partial charge in [0.1, 0.15) is 55.8 Å². The van der Waals surface area contributed by atoms with Crippen LogP contribution in [-0.2, 0) is 19.8 Å². The second-order valence-corrected chi connectivity index (χ2v) is 11.8. The minimum absolute atomic E-state index is 0.0966. The first-order valence-corrected chi connectivity index (χ1v) is 15.9. The van der Waals surface area contributed by atoms with Gasteiger partial charge in [-0.05, 0) is 65.1 Å². The van der Waals surface area contributed by atoms with Crippen LogP contribution in [0.2, 0.25) is 5.02 Å². The van der Waals surface area contributed by atoms with Gasteiger partial charge in [0.05, 0.1) is 23.8 Å². The van der Waals surface area contributed by atoms with Crippen LogP contribution in [-0.4, -0.2) is 70.1 Å². The molecule has 0 saturated carbocycles. The number of nitriles is 1. The lowest BCUT2D eigenvalue weighted by Gasteiger charge is -2.20. The van der Waals surface area contributed by atoms with Crippen molar-refractivity contribution >= 4 is 11.6 Å². The molecule has 5 rings (SSSR count). The highest BCUT2D eigenvalue weighted by Crippen LogP contribution is 2.37. The maximum Gasteiger partial charge on any atom is 0.161 e. The normalized spacial score (nSPS) is 14.1. The lowest BCUT2D eigenvalue weighted by molar-refractivity contribution is -0.0359. The lowest BCUT2D eigenvalue weighted by Crippen LogP contribution is -2.36. The monoisotopic (exact) mass is 675 g/mol. The molecule has 3 aromatic carbocycles. The molecular weight excluding hydrogens is 638 g/mol. The van der Waals surface area contributed by atoms with Gasteiger partial charge in [-0.15, -0.1) is 0 Å². The molecule has 1 aliphatic rings. The number of aliphatic hydroxyl groups excluding tert-OH is 4. The first kappa shape index (κ1) is 34.9. The fraction of sp³-hybridized carbons (Fsp3) is 0.333. The summed E-state index contributed by atoms with van der Waals surface area (Å²) < 4.78 is 23.9. The second-order valence-electron chi connectivity index (χ2n) is 11.4. The third kappa shape index (κ3) is 8.93. The molecule has 0 bridgehead atoms. The maximum atomic E-state index is 10.3. The first-order valence-electron chi connectivity index (χ1n) is 15.5. The Labute approximate surface area is 283 Å². The predicted molar refractivity (Wildman–Crippen MR) is 178 cm³/mol. The summed E-state index contributed by atoms with van der Waals surface area (Å²) in [7, 11) is 0. The molecule has 0 spiro atoms. The molecule has 3 atom stereocenters. The smallest absolute Gasteiger partial charge is 0.161 e. The van der Waals surface area contributed by atoms with Crippen LogP contribution in [0.4, 0.5) is 0 Å². The zero-order chi connectivity index (χ0) is 34.0. The van der Waals surface area contributed by atoms with Gasteiger partial charge in [0, 0.05) is 37.3 Å². The van der Waals surface area contributed by atoms with Gasteiger partial charge in [-0.1, -0.05) is 35.9 Å². The number of fused-ring (bicyclic) bond motifs is 1. The summed E-state index contributed by atoms with van der Waals surface area (Å²) in [4.78, 5) is 4.01. The summed E-state index contributed by atoms with van der Waals surface area (Å²) in [5.41, 5.74) is 5.76. The third-order valence-electron chi connectivity index (χ3n) is 7.97. The second kappa shape index (κ2) is 16.6. The van der Waals surface area contributed by atoms with Crippen molar-refractivity contribution in [2.24, 2.45) is 0 Å². The minimum atomic E-state index is -1.33. The summed E-state index contributed by atoms with van der Waals surface area (Å²) >= 11 is 6.71. The Morgan fingerprint density at radius 2 is 1.73 bits per heavy atom. The summed E-state index contributed by atoms with van der Waals surface area (Å²) in [6.45, 7) is 3.21. The molecule has 5 N–H and O–H groups in total. The number of rotatable bonds is 15. The van der Waals surface area contributed by atoms with E-state index in [1.807, 2.05) is 49.4 Å². The number of pyridine rings is 1. The number of hydrogen-bond acceptors (Lipinski definition) is 11. The Morgan fingerprint density at radius 1 is 0.938 bits per heavy atom. The third-order valence-corrected chi connectivity index (χ3v) is 8.27. The quantitative estimate of drug-likeness (QED) is 0.123. The van der Waals surface area contributed by atoms with E-state index in [0.29, 0.717) is 35.3 Å². The van der Waals surface area contributed by atoms with E-state index in [2.05, 4.69) is 10.3 Å². The molecule has 0 radical (unpaired) electrons. The standard InChI is InChI=1S/C36H38ClN3O8/c1-22-25(3-2-4-29(22)24-5-6-33-36(13-24)46-10-9-45-33)21-48-35-15-34(47-20-23-7-8-40-27(11-23)16-38)26(12-30(35)37)17-39-18-28(42)14-31(43)32(44)19-41/h2-8,11-13,15,28,31-32,39,41-44H,9-10,14,17-21H2,1H3/t28-,31+,32-/m1/s1. The topological polar surface area (TPSA) is 167 Å². The zero-order valence-corrected chi connectivity index (χ0v) is 27.2. The van der Waals surface area contributed by atoms with Crippen LogP contribution in [0, 0.1) is 18.3 Å². The number of nitrogens with zero attached hydrogens (tertiary/aromatic N) is 2. The summed E-state index contributed by atoms with van der Waals surface area (Å²) in [5, 5.41) is 51.6. The summed E-state index contributed by atoms with van der Waals surface area (Å²) in [5.74, 6) is 2.34. The van der Waals surface area contributed by atoms with Crippen LogP contribution in [0.25, 0.3) is 11.1 Å².